The molecule has 0 aromatic carbocycles. The molecule has 0 aliphatic carbocycles. The summed E-state index contributed by atoms with van der Waals surface area (Å²) in [4.78, 5) is 15.4. The number of rotatable bonds is 3. The highest BCUT2D eigenvalue weighted by Crippen LogP contribution is 2.26. The first kappa shape index (κ1) is 10.8. The number of anilines is 1. The molecule has 0 bridgehead atoms. The van der Waals surface area contributed by atoms with E-state index in [0.29, 0.717) is 11.8 Å². The van der Waals surface area contributed by atoms with E-state index < -0.39 is 0 Å². The molecular formula is C13H18N2O2. The van der Waals surface area contributed by atoms with E-state index in [4.69, 9.17) is 4.42 Å². The first-order valence-electron chi connectivity index (χ1n) is 6.41. The molecule has 0 radical (unpaired) electrons. The number of carbonyl (C=O) groups is 1. The van der Waals surface area contributed by atoms with Crippen molar-refractivity contribution >= 4 is 12.2 Å². The van der Waals surface area contributed by atoms with Gasteiger partial charge in [0.05, 0.1) is 0 Å². The van der Waals surface area contributed by atoms with Gasteiger partial charge in [-0.25, -0.2) is 0 Å². The van der Waals surface area contributed by atoms with Crippen LogP contribution in [-0.4, -0.2) is 43.4 Å². The zero-order valence-corrected chi connectivity index (χ0v) is 9.97. The third kappa shape index (κ3) is 2.09. The minimum atomic E-state index is 0.421. The minimum Gasteiger partial charge on any atom is -0.438 e. The van der Waals surface area contributed by atoms with E-state index in [0.717, 1.165) is 25.3 Å². The second-order valence-corrected chi connectivity index (χ2v) is 4.93. The Hall–Kier alpha value is -1.29. The molecule has 1 unspecified atom stereocenters. The first-order chi connectivity index (χ1) is 8.36. The van der Waals surface area contributed by atoms with E-state index in [1.807, 2.05) is 6.07 Å². The molecule has 0 N–H and O–H groups in total. The maximum absolute atomic E-state index is 10.6. The number of hydrogen-bond donors (Lipinski definition) is 0. The van der Waals surface area contributed by atoms with E-state index in [9.17, 15) is 4.79 Å². The largest absolute Gasteiger partial charge is 0.438 e. The molecule has 0 amide bonds. The van der Waals surface area contributed by atoms with Crippen LogP contribution in [0.25, 0.3) is 0 Å². The molecule has 92 valence electrons. The lowest BCUT2D eigenvalue weighted by atomic mass is 10.2. The molecule has 1 aromatic heterocycles. The summed E-state index contributed by atoms with van der Waals surface area (Å²) in [6.45, 7) is 4.56. The van der Waals surface area contributed by atoms with Gasteiger partial charge in [0.2, 0.25) is 0 Å². The Bertz CT molecular complexity index is 396. The van der Waals surface area contributed by atoms with E-state index in [1.54, 1.807) is 6.07 Å². The van der Waals surface area contributed by atoms with Crippen molar-refractivity contribution in [3.8, 4) is 0 Å². The summed E-state index contributed by atoms with van der Waals surface area (Å²) in [6.07, 6.45) is 4.65. The standard InChI is InChI=1S/C13H18N2O2/c16-10-12-3-4-13(17-12)15-8-5-11(9-15)14-6-1-2-7-14/h3-4,10-11H,1-2,5-9H2. The van der Waals surface area contributed by atoms with Gasteiger partial charge in [-0.05, 0) is 38.4 Å². The highest BCUT2D eigenvalue weighted by atomic mass is 16.4. The fourth-order valence-corrected chi connectivity index (χ4v) is 2.92. The molecule has 2 aliphatic rings. The molecule has 4 nitrogen and oxygen atoms in total. The lowest BCUT2D eigenvalue weighted by molar-refractivity contribution is 0.110. The fourth-order valence-electron chi connectivity index (χ4n) is 2.92. The summed E-state index contributed by atoms with van der Waals surface area (Å²) in [5.74, 6) is 1.26. The minimum absolute atomic E-state index is 0.421. The monoisotopic (exact) mass is 234 g/mol. The normalized spacial score (nSPS) is 25.6. The van der Waals surface area contributed by atoms with Crippen molar-refractivity contribution in [2.45, 2.75) is 25.3 Å². The van der Waals surface area contributed by atoms with Crippen molar-refractivity contribution in [1.82, 2.24) is 4.90 Å². The quantitative estimate of drug-likeness (QED) is 0.747. The second-order valence-electron chi connectivity index (χ2n) is 4.93. The Labute approximate surface area is 101 Å². The number of carbonyl (C=O) groups excluding carboxylic acids is 1. The van der Waals surface area contributed by atoms with Crippen LogP contribution >= 0.6 is 0 Å². The van der Waals surface area contributed by atoms with Crippen LogP contribution in [0.5, 0.6) is 0 Å². The average molecular weight is 234 g/mol. The number of nitrogens with zero attached hydrogens (tertiary/aromatic N) is 2. The van der Waals surface area contributed by atoms with Crippen LogP contribution in [0.1, 0.15) is 29.8 Å². The van der Waals surface area contributed by atoms with E-state index in [-0.39, 0.29) is 0 Å². The van der Waals surface area contributed by atoms with Crippen LogP contribution in [0.2, 0.25) is 0 Å². The van der Waals surface area contributed by atoms with Crippen LogP contribution in [0, 0.1) is 0 Å². The molecule has 17 heavy (non-hydrogen) atoms. The van der Waals surface area contributed by atoms with E-state index in [1.165, 1.54) is 32.4 Å². The third-order valence-electron chi connectivity index (χ3n) is 3.86. The first-order valence-corrected chi connectivity index (χ1v) is 6.41. The molecule has 3 heterocycles. The molecule has 0 spiro atoms. The number of hydrogen-bond acceptors (Lipinski definition) is 4. The lowest BCUT2D eigenvalue weighted by Gasteiger charge is -2.23. The van der Waals surface area contributed by atoms with Crippen molar-refractivity contribution in [1.29, 1.82) is 0 Å². The van der Waals surface area contributed by atoms with Gasteiger partial charge in [0.15, 0.2) is 17.9 Å². The summed E-state index contributed by atoms with van der Waals surface area (Å²) in [5, 5.41) is 0. The Kier molecular flexibility index (Phi) is 2.89. The molecule has 2 fully saturated rings. The Morgan fingerprint density at radius 2 is 2.06 bits per heavy atom. The number of furan rings is 1. The molecular weight excluding hydrogens is 216 g/mol. The van der Waals surface area contributed by atoms with Gasteiger partial charge in [-0.2, -0.15) is 0 Å². The molecule has 4 heteroatoms. The van der Waals surface area contributed by atoms with Gasteiger partial charge in [0.25, 0.3) is 0 Å². The summed E-state index contributed by atoms with van der Waals surface area (Å²) in [5.41, 5.74) is 0. The van der Waals surface area contributed by atoms with Gasteiger partial charge >= 0.3 is 0 Å². The Balaban J connectivity index is 1.64. The van der Waals surface area contributed by atoms with Crippen LogP contribution in [0.3, 0.4) is 0 Å². The molecule has 0 saturated carbocycles. The number of aldehydes is 1. The van der Waals surface area contributed by atoms with Crippen molar-refractivity contribution < 1.29 is 9.21 Å². The van der Waals surface area contributed by atoms with Crippen molar-refractivity contribution in [3.63, 3.8) is 0 Å². The van der Waals surface area contributed by atoms with Gasteiger partial charge in [0, 0.05) is 25.2 Å². The molecule has 1 atom stereocenters. The van der Waals surface area contributed by atoms with Gasteiger partial charge < -0.3 is 9.32 Å². The Morgan fingerprint density at radius 3 is 2.76 bits per heavy atom. The average Bonchev–Trinajstić information content (AvgIpc) is 3.09. The van der Waals surface area contributed by atoms with Gasteiger partial charge in [-0.15, -0.1) is 0 Å². The van der Waals surface area contributed by atoms with Crippen LogP contribution in [-0.2, 0) is 0 Å². The van der Waals surface area contributed by atoms with E-state index >= 15 is 0 Å². The number of likely N-dealkylation sites (tertiary alicyclic amines) is 1. The Morgan fingerprint density at radius 1 is 1.24 bits per heavy atom. The highest BCUT2D eigenvalue weighted by Gasteiger charge is 2.30. The maximum Gasteiger partial charge on any atom is 0.196 e. The highest BCUT2D eigenvalue weighted by molar-refractivity contribution is 5.71. The molecule has 3 rings (SSSR count). The lowest BCUT2D eigenvalue weighted by Crippen LogP contribution is -2.35. The predicted molar refractivity (Wildman–Crippen MR) is 65.5 cm³/mol. The van der Waals surface area contributed by atoms with Crippen LogP contribution in [0.4, 0.5) is 5.88 Å². The van der Waals surface area contributed by atoms with Crippen LogP contribution in [0.15, 0.2) is 16.5 Å². The molecule has 1 aromatic rings. The summed E-state index contributed by atoms with van der Waals surface area (Å²) in [7, 11) is 0. The van der Waals surface area contributed by atoms with Crippen molar-refractivity contribution in [3.05, 3.63) is 17.9 Å². The summed E-state index contributed by atoms with van der Waals surface area (Å²) >= 11 is 0. The second kappa shape index (κ2) is 4.53. The zero-order chi connectivity index (χ0) is 11.7. The molecule has 2 aliphatic heterocycles. The third-order valence-corrected chi connectivity index (χ3v) is 3.86. The van der Waals surface area contributed by atoms with Crippen molar-refractivity contribution in [2.75, 3.05) is 31.1 Å². The van der Waals surface area contributed by atoms with E-state index in [2.05, 4.69) is 9.80 Å². The fraction of sp³-hybridized carbons (Fsp3) is 0.615. The van der Waals surface area contributed by atoms with Gasteiger partial charge in [0.1, 0.15) is 0 Å². The smallest absolute Gasteiger partial charge is 0.196 e. The molecule has 2 saturated heterocycles. The van der Waals surface area contributed by atoms with Gasteiger partial charge in [-0.3, -0.25) is 9.69 Å². The summed E-state index contributed by atoms with van der Waals surface area (Å²) in [6, 6.07) is 4.31. The van der Waals surface area contributed by atoms with Crippen molar-refractivity contribution in [2.24, 2.45) is 0 Å². The predicted octanol–water partition coefficient (Wildman–Crippen LogP) is 1.77. The van der Waals surface area contributed by atoms with Gasteiger partial charge in [-0.1, -0.05) is 0 Å². The zero-order valence-electron chi connectivity index (χ0n) is 9.97. The van der Waals surface area contributed by atoms with Crippen LogP contribution < -0.4 is 4.90 Å². The maximum atomic E-state index is 10.6. The SMILES string of the molecule is O=Cc1ccc(N2CCC(N3CCCC3)C2)o1. The summed E-state index contributed by atoms with van der Waals surface area (Å²) < 4.78 is 5.47. The topological polar surface area (TPSA) is 36.7 Å².